The minimum Gasteiger partial charge on any atom is -0.329 e. The van der Waals surface area contributed by atoms with Crippen molar-refractivity contribution in [2.75, 3.05) is 0 Å². The zero-order chi connectivity index (χ0) is 20.2. The summed E-state index contributed by atoms with van der Waals surface area (Å²) in [5.41, 5.74) is 0.220. The monoisotopic (exact) mass is 399 g/mol. The van der Waals surface area contributed by atoms with Crippen LogP contribution in [0.2, 0.25) is 0 Å². The fourth-order valence-corrected chi connectivity index (χ4v) is 5.97. The Balaban J connectivity index is 1.46. The predicted molar refractivity (Wildman–Crippen MR) is 103 cm³/mol. The summed E-state index contributed by atoms with van der Waals surface area (Å²) in [6.07, 6.45) is 2.13. The molecule has 0 amide bonds. The Morgan fingerprint density at radius 3 is 2.66 bits per heavy atom. The van der Waals surface area contributed by atoms with Crippen molar-refractivity contribution in [1.29, 1.82) is 5.26 Å². The molecule has 4 saturated heterocycles. The Morgan fingerprint density at radius 1 is 1.10 bits per heavy atom. The summed E-state index contributed by atoms with van der Waals surface area (Å²) < 4.78 is 19.0. The van der Waals surface area contributed by atoms with Gasteiger partial charge in [0.05, 0.1) is 6.07 Å². The lowest BCUT2D eigenvalue weighted by Gasteiger charge is -2.60. The molecule has 1 aliphatic carbocycles. The first-order chi connectivity index (χ1) is 14.0. The summed E-state index contributed by atoms with van der Waals surface area (Å²) in [6, 6.07) is 11.8. The number of rotatable bonds is 3. The Kier molecular flexibility index (Phi) is 4.73. The average Bonchev–Trinajstić information content (AvgIpc) is 2.96. The third kappa shape index (κ3) is 2.95. The van der Waals surface area contributed by atoms with Crippen LogP contribution in [0.3, 0.4) is 0 Å². The van der Waals surface area contributed by atoms with Crippen molar-refractivity contribution >= 4 is 0 Å². The molecule has 2 bridgehead atoms. The van der Waals surface area contributed by atoms with Gasteiger partial charge in [-0.3, -0.25) is 0 Å². The maximum atomic E-state index is 9.72. The molecule has 5 aliphatic rings. The molecule has 9 atom stereocenters. The molecule has 0 radical (unpaired) electrons. The minimum absolute atomic E-state index is 0.0514. The van der Waals surface area contributed by atoms with Gasteiger partial charge in [-0.1, -0.05) is 44.2 Å². The van der Waals surface area contributed by atoms with E-state index in [9.17, 15) is 5.26 Å². The number of benzene rings is 1. The Labute approximate surface area is 172 Å². The Bertz CT molecular complexity index is 796. The summed E-state index contributed by atoms with van der Waals surface area (Å²) in [7, 11) is 0. The van der Waals surface area contributed by atoms with E-state index in [4.69, 9.17) is 24.0 Å². The van der Waals surface area contributed by atoms with Crippen LogP contribution in [0.5, 0.6) is 0 Å². The van der Waals surface area contributed by atoms with Crippen LogP contribution in [-0.2, 0) is 24.0 Å². The van der Waals surface area contributed by atoms with Crippen LogP contribution in [0, 0.1) is 35.0 Å². The number of nitrogens with zero attached hydrogens (tertiary/aromatic N) is 1. The standard InChI is InChI=1S/C23H29NO5/c1-14-9-10-18-15(2)20(25-19(13-24)16-7-5-4-6-8-16)26-21-23(18)17(14)11-12-22(3,27-21)28-29-23/h4-8,14-15,17-21H,9-12H2,1-3H3/t14-,15-,17?,18?,19-,20+,21-,22+,23-/m1/s1. The molecule has 4 aliphatic heterocycles. The van der Waals surface area contributed by atoms with E-state index >= 15 is 0 Å². The molecule has 1 spiro atoms. The third-order valence-corrected chi connectivity index (χ3v) is 7.59. The van der Waals surface area contributed by atoms with Gasteiger partial charge in [0.15, 0.2) is 24.3 Å². The molecule has 29 heavy (non-hydrogen) atoms. The molecule has 1 aromatic rings. The second-order valence-electron chi connectivity index (χ2n) is 9.33. The van der Waals surface area contributed by atoms with Gasteiger partial charge in [-0.05, 0) is 43.6 Å². The highest BCUT2D eigenvalue weighted by molar-refractivity contribution is 5.22. The molecule has 6 heteroatoms. The van der Waals surface area contributed by atoms with Crippen molar-refractivity contribution in [3.8, 4) is 6.07 Å². The number of hydrogen-bond donors (Lipinski definition) is 0. The lowest BCUT2D eigenvalue weighted by Crippen LogP contribution is -2.70. The van der Waals surface area contributed by atoms with Gasteiger partial charge in [-0.25, -0.2) is 9.78 Å². The van der Waals surface area contributed by atoms with E-state index < -0.39 is 30.1 Å². The van der Waals surface area contributed by atoms with Gasteiger partial charge in [-0.2, -0.15) is 5.26 Å². The van der Waals surface area contributed by atoms with Crippen molar-refractivity contribution in [2.24, 2.45) is 23.7 Å². The molecule has 0 aromatic heterocycles. The van der Waals surface area contributed by atoms with Gasteiger partial charge in [0.25, 0.3) is 0 Å². The van der Waals surface area contributed by atoms with Gasteiger partial charge in [0.1, 0.15) is 0 Å². The number of fused-ring (bicyclic) bond motifs is 2. The van der Waals surface area contributed by atoms with Crippen LogP contribution in [-0.4, -0.2) is 24.0 Å². The van der Waals surface area contributed by atoms with Crippen molar-refractivity contribution < 1.29 is 24.0 Å². The zero-order valence-corrected chi connectivity index (χ0v) is 17.2. The fourth-order valence-electron chi connectivity index (χ4n) is 5.97. The SMILES string of the molecule is C[C@@H]1CCC2[C@@H](C)[C@@H](O[C@H](C#N)c3ccccc3)O[C@@H]3O[C@]4(C)CCC1[C@@]23OO4. The van der Waals surface area contributed by atoms with Gasteiger partial charge in [-0.15, -0.1) is 0 Å². The fraction of sp³-hybridized carbons (Fsp3) is 0.696. The molecule has 5 fully saturated rings. The first-order valence-electron chi connectivity index (χ1n) is 10.8. The molecule has 4 heterocycles. The molecule has 2 unspecified atom stereocenters. The summed E-state index contributed by atoms with van der Waals surface area (Å²) >= 11 is 0. The lowest BCUT2D eigenvalue weighted by atomic mass is 9.58. The molecule has 6 rings (SSSR count). The van der Waals surface area contributed by atoms with E-state index in [2.05, 4.69) is 19.9 Å². The molecule has 0 N–H and O–H groups in total. The van der Waals surface area contributed by atoms with E-state index in [0.29, 0.717) is 11.8 Å². The third-order valence-electron chi connectivity index (χ3n) is 7.59. The lowest BCUT2D eigenvalue weighted by molar-refractivity contribution is -0.578. The molecular formula is C23H29NO5. The van der Waals surface area contributed by atoms with E-state index in [1.165, 1.54) is 0 Å². The highest BCUT2D eigenvalue weighted by Gasteiger charge is 2.69. The number of hydrogen-bond acceptors (Lipinski definition) is 6. The van der Waals surface area contributed by atoms with E-state index in [1.807, 2.05) is 37.3 Å². The maximum absolute atomic E-state index is 9.72. The van der Waals surface area contributed by atoms with Gasteiger partial charge in [0, 0.05) is 18.3 Å². The molecule has 6 nitrogen and oxygen atoms in total. The van der Waals surface area contributed by atoms with Crippen LogP contribution >= 0.6 is 0 Å². The molecule has 1 aromatic carbocycles. The van der Waals surface area contributed by atoms with E-state index in [0.717, 1.165) is 31.2 Å². The molecular weight excluding hydrogens is 370 g/mol. The Morgan fingerprint density at radius 2 is 1.90 bits per heavy atom. The largest absolute Gasteiger partial charge is 0.329 e. The van der Waals surface area contributed by atoms with Crippen LogP contribution in [0.25, 0.3) is 0 Å². The zero-order valence-electron chi connectivity index (χ0n) is 17.2. The summed E-state index contributed by atoms with van der Waals surface area (Å²) in [4.78, 5) is 12.0. The smallest absolute Gasteiger partial charge is 0.201 e. The highest BCUT2D eigenvalue weighted by Crippen LogP contribution is 2.60. The second kappa shape index (κ2) is 7.04. The molecule has 1 saturated carbocycles. The van der Waals surface area contributed by atoms with Crippen molar-refractivity contribution in [3.05, 3.63) is 35.9 Å². The summed E-state index contributed by atoms with van der Waals surface area (Å²) in [5, 5.41) is 9.72. The molecule has 156 valence electrons. The predicted octanol–water partition coefficient (Wildman–Crippen LogP) is 4.48. The first-order valence-corrected chi connectivity index (χ1v) is 10.8. The topological polar surface area (TPSA) is 69.9 Å². The first kappa shape index (κ1) is 19.5. The van der Waals surface area contributed by atoms with Crippen LogP contribution in [0.15, 0.2) is 30.3 Å². The van der Waals surface area contributed by atoms with Crippen molar-refractivity contribution in [2.45, 2.75) is 76.5 Å². The minimum atomic E-state index is -0.809. The normalized spacial score (nSPS) is 47.0. The number of ether oxygens (including phenoxy) is 3. The maximum Gasteiger partial charge on any atom is 0.201 e. The van der Waals surface area contributed by atoms with Gasteiger partial charge >= 0.3 is 0 Å². The summed E-state index contributed by atoms with van der Waals surface area (Å²) in [6.45, 7) is 6.34. The van der Waals surface area contributed by atoms with E-state index in [1.54, 1.807) is 0 Å². The van der Waals surface area contributed by atoms with Crippen LogP contribution in [0.4, 0.5) is 0 Å². The van der Waals surface area contributed by atoms with Crippen molar-refractivity contribution in [1.82, 2.24) is 0 Å². The van der Waals surface area contributed by atoms with E-state index in [-0.39, 0.29) is 11.8 Å². The van der Waals surface area contributed by atoms with Crippen LogP contribution < -0.4 is 0 Å². The number of nitriles is 1. The summed E-state index contributed by atoms with van der Waals surface area (Å²) in [5.74, 6) is 0.267. The van der Waals surface area contributed by atoms with Crippen molar-refractivity contribution in [3.63, 3.8) is 0 Å². The second-order valence-corrected chi connectivity index (χ2v) is 9.33. The quantitative estimate of drug-likeness (QED) is 0.698. The average molecular weight is 399 g/mol. The van der Waals surface area contributed by atoms with Crippen LogP contribution in [0.1, 0.15) is 58.1 Å². The van der Waals surface area contributed by atoms with Gasteiger partial charge < -0.3 is 14.2 Å². The highest BCUT2D eigenvalue weighted by atomic mass is 17.3. The van der Waals surface area contributed by atoms with Gasteiger partial charge in [0.2, 0.25) is 5.79 Å². The Hall–Kier alpha value is -1.49.